The van der Waals surface area contributed by atoms with Gasteiger partial charge in [-0.3, -0.25) is 0 Å². The summed E-state index contributed by atoms with van der Waals surface area (Å²) < 4.78 is 6.25. The fourth-order valence-electron chi connectivity index (χ4n) is 3.20. The molecule has 1 aliphatic rings. The van der Waals surface area contributed by atoms with Crippen LogP contribution in [-0.4, -0.2) is 36.4 Å². The molecule has 0 spiro atoms. The Morgan fingerprint density at radius 1 is 1.15 bits per heavy atom. The van der Waals surface area contributed by atoms with E-state index < -0.39 is 8.32 Å². The molecule has 26 heavy (non-hydrogen) atoms. The molecule has 0 radical (unpaired) electrons. The molecular formula is C19H29ClN4OSi. The second-order valence-corrected chi connectivity index (χ2v) is 13.7. The zero-order chi connectivity index (χ0) is 19.1. The van der Waals surface area contributed by atoms with Gasteiger partial charge in [-0.1, -0.05) is 20.8 Å². The van der Waals surface area contributed by atoms with Gasteiger partial charge in [0.15, 0.2) is 14.0 Å². The molecule has 1 aliphatic carbocycles. The fraction of sp³-hybridized carbons (Fsp3) is 0.632. The molecule has 3 rings (SSSR count). The summed E-state index contributed by atoms with van der Waals surface area (Å²) in [6, 6.07) is 0. The normalized spacial score (nSPS) is 14.7. The SMILES string of the molecule is Cc1c2c(nc3nc(Cl)nc(NCCO[Si](C)(C)C(C)(C)C)c13)CCC2. The maximum Gasteiger partial charge on any atom is 0.226 e. The first-order valence-electron chi connectivity index (χ1n) is 9.33. The van der Waals surface area contributed by atoms with Gasteiger partial charge in [0.25, 0.3) is 0 Å². The van der Waals surface area contributed by atoms with E-state index in [0.29, 0.717) is 18.8 Å². The number of pyridine rings is 1. The number of aryl methyl sites for hydroxylation is 2. The van der Waals surface area contributed by atoms with Crippen molar-refractivity contribution in [3.05, 3.63) is 22.1 Å². The van der Waals surface area contributed by atoms with Gasteiger partial charge in [-0.05, 0) is 67.0 Å². The second kappa shape index (κ2) is 7.06. The van der Waals surface area contributed by atoms with Crippen molar-refractivity contribution in [1.29, 1.82) is 0 Å². The minimum Gasteiger partial charge on any atom is -0.415 e. The lowest BCUT2D eigenvalue weighted by Crippen LogP contribution is -2.41. The highest BCUT2D eigenvalue weighted by Gasteiger charge is 2.36. The lowest BCUT2D eigenvalue weighted by atomic mass is 10.1. The molecule has 0 fully saturated rings. The fourth-order valence-corrected chi connectivity index (χ4v) is 4.41. The van der Waals surface area contributed by atoms with Crippen molar-refractivity contribution >= 4 is 36.8 Å². The third kappa shape index (κ3) is 3.73. The minimum atomic E-state index is -1.74. The van der Waals surface area contributed by atoms with Crippen molar-refractivity contribution in [3.63, 3.8) is 0 Å². The van der Waals surface area contributed by atoms with Gasteiger partial charge >= 0.3 is 0 Å². The molecular weight excluding hydrogens is 364 g/mol. The van der Waals surface area contributed by atoms with Gasteiger partial charge in [-0.2, -0.15) is 4.98 Å². The molecule has 2 aromatic heterocycles. The van der Waals surface area contributed by atoms with E-state index in [1.54, 1.807) is 0 Å². The first-order chi connectivity index (χ1) is 12.1. The predicted molar refractivity (Wildman–Crippen MR) is 111 cm³/mol. The Hall–Kier alpha value is -1.24. The lowest BCUT2D eigenvalue weighted by Gasteiger charge is -2.36. The van der Waals surface area contributed by atoms with Crippen LogP contribution in [-0.2, 0) is 17.3 Å². The molecule has 1 N–H and O–H groups in total. The summed E-state index contributed by atoms with van der Waals surface area (Å²) in [6.07, 6.45) is 3.27. The second-order valence-electron chi connectivity index (χ2n) is 8.59. The van der Waals surface area contributed by atoms with Gasteiger partial charge in [0.05, 0.1) is 12.0 Å². The van der Waals surface area contributed by atoms with Crippen molar-refractivity contribution in [3.8, 4) is 0 Å². The van der Waals surface area contributed by atoms with Gasteiger partial charge in [-0.15, -0.1) is 0 Å². The summed E-state index contributed by atoms with van der Waals surface area (Å²) in [5, 5.41) is 4.83. The Morgan fingerprint density at radius 2 is 1.88 bits per heavy atom. The van der Waals surface area contributed by atoms with Crippen LogP contribution in [0.25, 0.3) is 11.0 Å². The number of nitrogens with one attached hydrogen (secondary N) is 1. The van der Waals surface area contributed by atoms with Crippen LogP contribution in [0.5, 0.6) is 0 Å². The Balaban J connectivity index is 1.80. The van der Waals surface area contributed by atoms with Crippen LogP contribution in [0.15, 0.2) is 0 Å². The Morgan fingerprint density at radius 3 is 2.58 bits per heavy atom. The molecule has 7 heteroatoms. The first-order valence-corrected chi connectivity index (χ1v) is 12.6. The van der Waals surface area contributed by atoms with E-state index in [1.807, 2.05) is 0 Å². The van der Waals surface area contributed by atoms with Gasteiger partial charge in [0.1, 0.15) is 5.82 Å². The quantitative estimate of drug-likeness (QED) is 0.445. The van der Waals surface area contributed by atoms with Crippen LogP contribution < -0.4 is 5.32 Å². The Kier molecular flexibility index (Phi) is 5.30. The molecule has 0 amide bonds. The van der Waals surface area contributed by atoms with Gasteiger partial charge in [0, 0.05) is 12.2 Å². The predicted octanol–water partition coefficient (Wildman–Crippen LogP) is 4.91. The van der Waals surface area contributed by atoms with Gasteiger partial charge < -0.3 is 9.74 Å². The van der Waals surface area contributed by atoms with Crippen molar-refractivity contribution in [2.75, 3.05) is 18.5 Å². The third-order valence-corrected chi connectivity index (χ3v) is 10.5. The summed E-state index contributed by atoms with van der Waals surface area (Å²) in [5.41, 5.74) is 4.43. The molecule has 0 saturated heterocycles. The number of nitrogens with zero attached hydrogens (tertiary/aromatic N) is 3. The minimum absolute atomic E-state index is 0.207. The highest BCUT2D eigenvalue weighted by molar-refractivity contribution is 6.74. The van der Waals surface area contributed by atoms with Crippen LogP contribution >= 0.6 is 11.6 Å². The van der Waals surface area contributed by atoms with E-state index in [-0.39, 0.29) is 10.3 Å². The number of rotatable bonds is 5. The number of anilines is 1. The van der Waals surface area contributed by atoms with Crippen LogP contribution in [0, 0.1) is 6.92 Å². The molecule has 5 nitrogen and oxygen atoms in total. The summed E-state index contributed by atoms with van der Waals surface area (Å²) in [7, 11) is -1.74. The molecule has 2 aromatic rings. The average Bonchev–Trinajstić information content (AvgIpc) is 2.98. The van der Waals surface area contributed by atoms with Crippen LogP contribution in [0.4, 0.5) is 5.82 Å². The summed E-state index contributed by atoms with van der Waals surface area (Å²) >= 11 is 6.15. The number of hydrogen-bond acceptors (Lipinski definition) is 5. The van der Waals surface area contributed by atoms with Gasteiger partial charge in [-0.25, -0.2) is 9.97 Å². The molecule has 0 bridgehead atoms. The molecule has 0 saturated carbocycles. The van der Waals surface area contributed by atoms with Crippen LogP contribution in [0.3, 0.4) is 0 Å². The summed E-state index contributed by atoms with van der Waals surface area (Å²) in [5.74, 6) is 0.763. The highest BCUT2D eigenvalue weighted by atomic mass is 35.5. The first kappa shape index (κ1) is 19.5. The van der Waals surface area contributed by atoms with E-state index in [0.717, 1.165) is 36.2 Å². The number of aromatic nitrogens is 3. The van der Waals surface area contributed by atoms with E-state index in [9.17, 15) is 0 Å². The number of hydrogen-bond donors (Lipinski definition) is 1. The molecule has 142 valence electrons. The zero-order valence-corrected chi connectivity index (χ0v) is 18.4. The summed E-state index contributed by atoms with van der Waals surface area (Å²) in [6.45, 7) is 14.8. The topological polar surface area (TPSA) is 59.9 Å². The zero-order valence-electron chi connectivity index (χ0n) is 16.7. The largest absolute Gasteiger partial charge is 0.415 e. The smallest absolute Gasteiger partial charge is 0.226 e. The van der Waals surface area contributed by atoms with Crippen molar-refractivity contribution in [2.24, 2.45) is 0 Å². The molecule has 0 atom stereocenters. The Bertz CT molecular complexity index is 833. The monoisotopic (exact) mass is 392 g/mol. The van der Waals surface area contributed by atoms with Crippen molar-refractivity contribution < 1.29 is 4.43 Å². The molecule has 2 heterocycles. The van der Waals surface area contributed by atoms with E-state index in [1.165, 1.54) is 11.1 Å². The van der Waals surface area contributed by atoms with E-state index >= 15 is 0 Å². The van der Waals surface area contributed by atoms with Crippen LogP contribution in [0.1, 0.15) is 44.0 Å². The molecule has 0 aromatic carbocycles. The Labute approximate surface area is 162 Å². The number of fused-ring (bicyclic) bond motifs is 2. The third-order valence-electron chi connectivity index (χ3n) is 5.78. The standard InChI is InChI=1S/C19H29ClN4OSi/c1-12-13-8-7-9-14(13)22-17-15(12)16(23-18(20)24-17)21-10-11-25-26(5,6)19(2,3)4/h7-11H2,1-6H3,(H,21,22,23,24). The van der Waals surface area contributed by atoms with Crippen molar-refractivity contribution in [1.82, 2.24) is 15.0 Å². The van der Waals surface area contributed by atoms with Crippen LogP contribution in [0.2, 0.25) is 23.4 Å². The lowest BCUT2D eigenvalue weighted by molar-refractivity contribution is 0.301. The maximum atomic E-state index is 6.25. The molecule has 0 aliphatic heterocycles. The van der Waals surface area contributed by atoms with E-state index in [4.69, 9.17) is 21.0 Å². The maximum absolute atomic E-state index is 6.25. The van der Waals surface area contributed by atoms with Gasteiger partial charge in [0.2, 0.25) is 5.28 Å². The van der Waals surface area contributed by atoms with Crippen molar-refractivity contribution in [2.45, 2.75) is 65.1 Å². The highest BCUT2D eigenvalue weighted by Crippen LogP contribution is 2.36. The number of halogens is 1. The average molecular weight is 393 g/mol. The summed E-state index contributed by atoms with van der Waals surface area (Å²) in [4.78, 5) is 13.5. The molecule has 0 unspecified atom stereocenters. The van der Waals surface area contributed by atoms with E-state index in [2.05, 4.69) is 56.1 Å².